The number of aliphatic hydroxyl groups excluding tert-OH is 1. The molecule has 0 amide bonds. The van der Waals surface area contributed by atoms with Crippen molar-refractivity contribution in [3.8, 4) is 0 Å². The van der Waals surface area contributed by atoms with Crippen molar-refractivity contribution in [2.24, 2.45) is 5.73 Å². The number of aryl methyl sites for hydroxylation is 1. The minimum Gasteiger partial charge on any atom is -0.405 e. The van der Waals surface area contributed by atoms with E-state index in [1.54, 1.807) is 6.20 Å². The van der Waals surface area contributed by atoms with E-state index in [-0.39, 0.29) is 5.92 Å². The number of hydrogen-bond acceptors (Lipinski definition) is 6. The number of hydrogen-bond donors (Lipinski definition) is 3. The molecule has 2 heterocycles. The molecule has 1 fully saturated rings. The molecule has 2 atom stereocenters. The topological polar surface area (TPSA) is 107 Å². The lowest BCUT2D eigenvalue weighted by molar-refractivity contribution is 0.156. The van der Waals surface area contributed by atoms with Crippen LogP contribution in [0.15, 0.2) is 55.9 Å². The number of nitrogens with one attached hydrogen (secondary N) is 1. The van der Waals surface area contributed by atoms with Gasteiger partial charge in [-0.15, -0.1) is 16.8 Å². The van der Waals surface area contributed by atoms with Gasteiger partial charge in [0, 0.05) is 29.8 Å². The molecule has 0 aliphatic heterocycles. The summed E-state index contributed by atoms with van der Waals surface area (Å²) in [5.41, 5.74) is 9.02. The zero-order valence-corrected chi connectivity index (χ0v) is 18.5. The van der Waals surface area contributed by atoms with Gasteiger partial charge < -0.3 is 25.3 Å². The highest BCUT2D eigenvalue weighted by Crippen LogP contribution is 2.37. The van der Waals surface area contributed by atoms with Gasteiger partial charge in [-0.1, -0.05) is 18.2 Å². The Hall–Kier alpha value is -3.13. The maximum Gasteiger partial charge on any atom is 0.140 e. The molecule has 2 aliphatic carbocycles. The van der Waals surface area contributed by atoms with Crippen molar-refractivity contribution in [2.75, 3.05) is 0 Å². The second-order valence-corrected chi connectivity index (χ2v) is 8.44. The second-order valence-electron chi connectivity index (χ2n) is 8.44. The number of aromatic nitrogens is 5. The highest BCUT2D eigenvalue weighted by atomic mass is 16.3. The third kappa shape index (κ3) is 5.19. The summed E-state index contributed by atoms with van der Waals surface area (Å²) in [5, 5.41) is 22.0. The third-order valence-corrected chi connectivity index (χ3v) is 6.04. The maximum absolute atomic E-state index is 10.5. The first kappa shape index (κ1) is 22.1. The molecule has 8 nitrogen and oxygen atoms in total. The molecule has 0 aromatic carbocycles. The fourth-order valence-corrected chi connectivity index (χ4v) is 4.22. The summed E-state index contributed by atoms with van der Waals surface area (Å²) in [6.45, 7) is 3.87. The summed E-state index contributed by atoms with van der Waals surface area (Å²) in [5.74, 6) is 1.01. The van der Waals surface area contributed by atoms with Crippen molar-refractivity contribution >= 4 is 5.70 Å². The number of fused-ring (bicyclic) bond motifs is 1. The quantitative estimate of drug-likeness (QED) is 0.284. The first-order chi connectivity index (χ1) is 15.7. The van der Waals surface area contributed by atoms with Gasteiger partial charge in [0.15, 0.2) is 0 Å². The summed E-state index contributed by atoms with van der Waals surface area (Å²) in [4.78, 5) is 4.56. The van der Waals surface area contributed by atoms with E-state index in [1.807, 2.05) is 37.0 Å². The van der Waals surface area contributed by atoms with Gasteiger partial charge in [0.1, 0.15) is 18.4 Å². The summed E-state index contributed by atoms with van der Waals surface area (Å²) in [6.07, 6.45) is 22.0. The van der Waals surface area contributed by atoms with Crippen LogP contribution in [-0.2, 0) is 12.8 Å². The number of allylic oxidation sites excluding steroid dienone is 4. The van der Waals surface area contributed by atoms with E-state index in [0.717, 1.165) is 30.8 Å². The zero-order valence-electron chi connectivity index (χ0n) is 18.5. The SMILES string of the molecule is C=CCC(/C=C/NC(O)C/C=C(\C=C/N)n1cnc2c1CCCC2)c1nncn1C1CC1. The molecule has 0 spiro atoms. The average molecular weight is 436 g/mol. The van der Waals surface area contributed by atoms with E-state index in [9.17, 15) is 5.11 Å². The van der Waals surface area contributed by atoms with E-state index in [2.05, 4.69) is 36.2 Å². The van der Waals surface area contributed by atoms with Gasteiger partial charge in [-0.2, -0.15) is 0 Å². The molecule has 0 radical (unpaired) electrons. The van der Waals surface area contributed by atoms with E-state index in [4.69, 9.17) is 5.73 Å². The molecular weight excluding hydrogens is 402 g/mol. The molecule has 4 rings (SSSR count). The Balaban J connectivity index is 1.39. The Morgan fingerprint density at radius 2 is 2.12 bits per heavy atom. The highest BCUT2D eigenvalue weighted by molar-refractivity contribution is 5.58. The van der Waals surface area contributed by atoms with Gasteiger partial charge in [-0.25, -0.2) is 4.98 Å². The Labute approximate surface area is 189 Å². The van der Waals surface area contributed by atoms with E-state index in [1.165, 1.54) is 43.3 Å². The van der Waals surface area contributed by atoms with Gasteiger partial charge in [0.25, 0.3) is 0 Å². The standard InChI is InChI=1S/C24H33N7O/c1-2-5-18(24-29-28-17-31(24)19-8-9-19)13-15-26-23(32)11-10-20(12-14-25)30-16-27-21-6-3-4-7-22(21)30/h2,10,12-19,23,26,32H,1,3-9,11,25H2/b14-12-,15-13+,20-10+. The molecular formula is C24H33N7O. The minimum atomic E-state index is -0.725. The van der Waals surface area contributed by atoms with Crippen LogP contribution in [0.2, 0.25) is 0 Å². The van der Waals surface area contributed by atoms with Crippen molar-refractivity contribution < 1.29 is 5.11 Å². The summed E-state index contributed by atoms with van der Waals surface area (Å²) >= 11 is 0. The normalized spacial score (nSPS) is 18.7. The van der Waals surface area contributed by atoms with Crippen molar-refractivity contribution in [1.82, 2.24) is 29.6 Å². The molecule has 2 aromatic heterocycles. The molecule has 0 saturated heterocycles. The van der Waals surface area contributed by atoms with Crippen LogP contribution in [0.1, 0.15) is 67.7 Å². The molecule has 2 unspecified atom stereocenters. The van der Waals surface area contributed by atoms with Gasteiger partial charge in [-0.05, 0) is 63.4 Å². The van der Waals surface area contributed by atoms with Crippen LogP contribution >= 0.6 is 0 Å². The van der Waals surface area contributed by atoms with Crippen LogP contribution in [0.25, 0.3) is 5.70 Å². The predicted molar refractivity (Wildman–Crippen MR) is 125 cm³/mol. The predicted octanol–water partition coefficient (Wildman–Crippen LogP) is 3.17. The Bertz CT molecular complexity index is 996. The molecule has 2 aliphatic rings. The third-order valence-electron chi connectivity index (χ3n) is 6.04. The zero-order chi connectivity index (χ0) is 22.3. The van der Waals surface area contributed by atoms with Crippen LogP contribution in [0.4, 0.5) is 0 Å². The van der Waals surface area contributed by atoms with Crippen molar-refractivity contribution in [3.63, 3.8) is 0 Å². The minimum absolute atomic E-state index is 0.0686. The molecule has 170 valence electrons. The molecule has 2 aromatic rings. The van der Waals surface area contributed by atoms with Gasteiger partial charge in [0.05, 0.1) is 12.0 Å². The summed E-state index contributed by atoms with van der Waals surface area (Å²) in [6, 6.07) is 0.521. The molecule has 4 N–H and O–H groups in total. The number of aliphatic hydroxyl groups is 1. The summed E-state index contributed by atoms with van der Waals surface area (Å²) in [7, 11) is 0. The van der Waals surface area contributed by atoms with Crippen LogP contribution in [0, 0.1) is 0 Å². The molecule has 32 heavy (non-hydrogen) atoms. The molecule has 8 heteroatoms. The Kier molecular flexibility index (Phi) is 7.21. The Morgan fingerprint density at radius 1 is 1.28 bits per heavy atom. The second kappa shape index (κ2) is 10.5. The Morgan fingerprint density at radius 3 is 2.91 bits per heavy atom. The van der Waals surface area contributed by atoms with Gasteiger partial charge >= 0.3 is 0 Å². The lowest BCUT2D eigenvalue weighted by atomic mass is 10.0. The number of nitrogens with zero attached hydrogens (tertiary/aromatic N) is 5. The number of nitrogens with two attached hydrogens (primary N) is 1. The van der Waals surface area contributed by atoms with Gasteiger partial charge in [-0.3, -0.25) is 0 Å². The van der Waals surface area contributed by atoms with Crippen molar-refractivity contribution in [1.29, 1.82) is 0 Å². The maximum atomic E-state index is 10.5. The number of imidazole rings is 1. The van der Waals surface area contributed by atoms with Crippen LogP contribution in [-0.4, -0.2) is 35.6 Å². The smallest absolute Gasteiger partial charge is 0.140 e. The average Bonchev–Trinajstić information content (AvgIpc) is 3.37. The van der Waals surface area contributed by atoms with Crippen LogP contribution in [0.5, 0.6) is 0 Å². The summed E-state index contributed by atoms with van der Waals surface area (Å²) < 4.78 is 4.25. The van der Waals surface area contributed by atoms with Crippen LogP contribution < -0.4 is 11.1 Å². The lowest BCUT2D eigenvalue weighted by Gasteiger charge is -2.16. The van der Waals surface area contributed by atoms with Crippen molar-refractivity contribution in [3.05, 3.63) is 73.1 Å². The van der Waals surface area contributed by atoms with E-state index >= 15 is 0 Å². The first-order valence-corrected chi connectivity index (χ1v) is 11.5. The largest absolute Gasteiger partial charge is 0.405 e. The van der Waals surface area contributed by atoms with E-state index < -0.39 is 6.23 Å². The number of rotatable bonds is 11. The molecule has 0 bridgehead atoms. The van der Waals surface area contributed by atoms with Crippen LogP contribution in [0.3, 0.4) is 0 Å². The first-order valence-electron chi connectivity index (χ1n) is 11.5. The fraction of sp³-hybridized carbons (Fsp3) is 0.458. The van der Waals surface area contributed by atoms with Gasteiger partial charge in [0.2, 0.25) is 0 Å². The molecule has 1 saturated carbocycles. The highest BCUT2D eigenvalue weighted by Gasteiger charge is 2.28. The van der Waals surface area contributed by atoms with Crippen molar-refractivity contribution in [2.45, 2.75) is 69.6 Å². The lowest BCUT2D eigenvalue weighted by Crippen LogP contribution is -2.23. The fourth-order valence-electron chi connectivity index (χ4n) is 4.22. The van der Waals surface area contributed by atoms with E-state index in [0.29, 0.717) is 12.5 Å². The monoisotopic (exact) mass is 435 g/mol.